The molecule has 1 heterocycles. The number of anilines is 1. The molecule has 1 amide bonds. The van der Waals surface area contributed by atoms with Crippen LogP contribution < -0.4 is 5.32 Å². The number of benzene rings is 1. The number of carbonyl (C=O) groups is 1. The van der Waals surface area contributed by atoms with E-state index in [-0.39, 0.29) is 11.9 Å². The maximum absolute atomic E-state index is 12.0. The number of hydrogen-bond donors (Lipinski definition) is 1. The van der Waals surface area contributed by atoms with E-state index in [4.69, 9.17) is 11.6 Å². The molecular formula is C15H18ClN3O. The first-order valence-corrected chi connectivity index (χ1v) is 6.91. The smallest absolute Gasteiger partial charge is 0.226 e. The van der Waals surface area contributed by atoms with Gasteiger partial charge in [-0.15, -0.1) is 0 Å². The maximum Gasteiger partial charge on any atom is 0.226 e. The maximum atomic E-state index is 12.0. The average Bonchev–Trinajstić information content (AvgIpc) is 2.68. The fourth-order valence-electron chi connectivity index (χ4n) is 2.23. The predicted octanol–water partition coefficient (Wildman–Crippen LogP) is 3.74. The number of carbonyl (C=O) groups excluding carboxylic acids is 1. The topological polar surface area (TPSA) is 46.9 Å². The third kappa shape index (κ3) is 3.61. The summed E-state index contributed by atoms with van der Waals surface area (Å²) < 4.78 is 1.88. The summed E-state index contributed by atoms with van der Waals surface area (Å²) in [5.74, 6) is -0.0488. The molecule has 5 heteroatoms. The molecule has 0 unspecified atom stereocenters. The van der Waals surface area contributed by atoms with Gasteiger partial charge in [-0.1, -0.05) is 17.7 Å². The minimum atomic E-state index is -0.0488. The monoisotopic (exact) mass is 291 g/mol. The summed E-state index contributed by atoms with van der Waals surface area (Å²) >= 11 is 5.89. The second kappa shape index (κ2) is 6.09. The zero-order valence-corrected chi connectivity index (χ0v) is 12.6. The first-order chi connectivity index (χ1) is 9.45. The molecule has 0 aliphatic heterocycles. The van der Waals surface area contributed by atoms with E-state index in [1.54, 1.807) is 12.1 Å². The summed E-state index contributed by atoms with van der Waals surface area (Å²) in [5, 5.41) is 7.85. The molecule has 20 heavy (non-hydrogen) atoms. The van der Waals surface area contributed by atoms with E-state index < -0.39 is 0 Å². The van der Waals surface area contributed by atoms with Crippen LogP contribution in [0.1, 0.15) is 30.8 Å². The zero-order valence-electron chi connectivity index (χ0n) is 11.9. The Kier molecular flexibility index (Phi) is 4.45. The highest BCUT2D eigenvalue weighted by Crippen LogP contribution is 2.18. The second-order valence-corrected chi connectivity index (χ2v) is 5.42. The average molecular weight is 292 g/mol. The van der Waals surface area contributed by atoms with Gasteiger partial charge in [-0.05, 0) is 45.0 Å². The van der Waals surface area contributed by atoms with Crippen LogP contribution in [0.4, 0.5) is 5.69 Å². The van der Waals surface area contributed by atoms with Gasteiger partial charge < -0.3 is 5.32 Å². The Morgan fingerprint density at radius 1 is 1.40 bits per heavy atom. The minimum Gasteiger partial charge on any atom is -0.326 e. The second-order valence-electron chi connectivity index (χ2n) is 4.98. The fourth-order valence-corrected chi connectivity index (χ4v) is 2.42. The van der Waals surface area contributed by atoms with Crippen molar-refractivity contribution in [3.05, 3.63) is 46.7 Å². The van der Waals surface area contributed by atoms with Crippen LogP contribution in [0, 0.1) is 13.8 Å². The van der Waals surface area contributed by atoms with Crippen LogP contribution >= 0.6 is 11.6 Å². The van der Waals surface area contributed by atoms with Crippen molar-refractivity contribution in [2.24, 2.45) is 0 Å². The summed E-state index contributed by atoms with van der Waals surface area (Å²) in [6.45, 7) is 5.92. The standard InChI is InChI=1S/C15H18ClN3O/c1-10-7-11(2)19(18-10)12(3)8-15(20)17-14-6-4-5-13(16)9-14/h4-7,9,12H,8H2,1-3H3,(H,17,20)/t12-/m1/s1. The Morgan fingerprint density at radius 3 is 2.75 bits per heavy atom. The molecule has 106 valence electrons. The predicted molar refractivity (Wildman–Crippen MR) is 81.1 cm³/mol. The van der Waals surface area contributed by atoms with Gasteiger partial charge in [0.05, 0.1) is 11.7 Å². The summed E-state index contributed by atoms with van der Waals surface area (Å²) in [4.78, 5) is 12.0. The van der Waals surface area contributed by atoms with E-state index in [1.165, 1.54) is 0 Å². The van der Waals surface area contributed by atoms with Crippen LogP contribution in [0.2, 0.25) is 5.02 Å². The molecule has 0 aliphatic carbocycles. The van der Waals surface area contributed by atoms with Gasteiger partial charge in [-0.3, -0.25) is 9.48 Å². The van der Waals surface area contributed by atoms with E-state index in [0.29, 0.717) is 17.1 Å². The lowest BCUT2D eigenvalue weighted by Crippen LogP contribution is -2.19. The molecule has 2 aromatic rings. The molecule has 1 N–H and O–H groups in total. The number of nitrogens with one attached hydrogen (secondary N) is 1. The van der Waals surface area contributed by atoms with Crippen molar-refractivity contribution in [1.29, 1.82) is 0 Å². The number of amides is 1. The molecule has 1 aromatic heterocycles. The molecule has 2 rings (SSSR count). The SMILES string of the molecule is Cc1cc(C)n([C@H](C)CC(=O)Nc2cccc(Cl)c2)n1. The zero-order chi connectivity index (χ0) is 14.7. The normalized spacial score (nSPS) is 12.2. The molecule has 0 spiro atoms. The number of hydrogen-bond acceptors (Lipinski definition) is 2. The van der Waals surface area contributed by atoms with Gasteiger partial charge in [0.15, 0.2) is 0 Å². The Labute approximate surface area is 123 Å². The molecular weight excluding hydrogens is 274 g/mol. The number of aryl methyl sites for hydroxylation is 2. The Bertz CT molecular complexity index is 621. The van der Waals surface area contributed by atoms with Crippen LogP contribution in [-0.4, -0.2) is 15.7 Å². The molecule has 4 nitrogen and oxygen atoms in total. The summed E-state index contributed by atoms with van der Waals surface area (Å²) in [6.07, 6.45) is 0.370. The molecule has 0 fully saturated rings. The summed E-state index contributed by atoms with van der Waals surface area (Å²) in [7, 11) is 0. The van der Waals surface area contributed by atoms with Crippen LogP contribution in [0.5, 0.6) is 0 Å². The van der Waals surface area contributed by atoms with E-state index in [9.17, 15) is 4.79 Å². The number of rotatable bonds is 4. The molecule has 0 aliphatic rings. The summed E-state index contributed by atoms with van der Waals surface area (Å²) in [5.41, 5.74) is 2.73. The van der Waals surface area contributed by atoms with Gasteiger partial charge in [0, 0.05) is 22.8 Å². The number of nitrogens with zero attached hydrogens (tertiary/aromatic N) is 2. The van der Waals surface area contributed by atoms with Crippen LogP contribution in [-0.2, 0) is 4.79 Å². The quantitative estimate of drug-likeness (QED) is 0.933. The highest BCUT2D eigenvalue weighted by molar-refractivity contribution is 6.30. The lowest BCUT2D eigenvalue weighted by atomic mass is 10.2. The summed E-state index contributed by atoms with van der Waals surface area (Å²) in [6, 6.07) is 9.15. The first-order valence-electron chi connectivity index (χ1n) is 6.54. The third-order valence-electron chi connectivity index (χ3n) is 3.05. The van der Waals surface area contributed by atoms with E-state index in [1.807, 2.05) is 43.7 Å². The van der Waals surface area contributed by atoms with Crippen molar-refractivity contribution in [2.75, 3.05) is 5.32 Å². The van der Waals surface area contributed by atoms with Crippen LogP contribution in [0.25, 0.3) is 0 Å². The molecule has 1 aromatic carbocycles. The Morgan fingerprint density at radius 2 is 2.15 bits per heavy atom. The largest absolute Gasteiger partial charge is 0.326 e. The van der Waals surface area contributed by atoms with Crippen molar-refractivity contribution in [1.82, 2.24) is 9.78 Å². The van der Waals surface area contributed by atoms with Gasteiger partial charge in [0.25, 0.3) is 0 Å². The van der Waals surface area contributed by atoms with Crippen LogP contribution in [0.3, 0.4) is 0 Å². The molecule has 0 radical (unpaired) electrons. The highest BCUT2D eigenvalue weighted by atomic mass is 35.5. The number of halogens is 1. The van der Waals surface area contributed by atoms with Gasteiger partial charge in [-0.2, -0.15) is 5.10 Å². The van der Waals surface area contributed by atoms with Crippen molar-refractivity contribution in [3.8, 4) is 0 Å². The lowest BCUT2D eigenvalue weighted by Gasteiger charge is -2.14. The number of aromatic nitrogens is 2. The van der Waals surface area contributed by atoms with Gasteiger partial charge in [-0.25, -0.2) is 0 Å². The van der Waals surface area contributed by atoms with Crippen molar-refractivity contribution in [3.63, 3.8) is 0 Å². The Balaban J connectivity index is 1.99. The van der Waals surface area contributed by atoms with Crippen molar-refractivity contribution >= 4 is 23.2 Å². The molecule has 0 saturated carbocycles. The highest BCUT2D eigenvalue weighted by Gasteiger charge is 2.14. The van der Waals surface area contributed by atoms with Gasteiger partial charge >= 0.3 is 0 Å². The van der Waals surface area contributed by atoms with E-state index in [0.717, 1.165) is 11.4 Å². The fraction of sp³-hybridized carbons (Fsp3) is 0.333. The Hall–Kier alpha value is -1.81. The van der Waals surface area contributed by atoms with Gasteiger partial charge in [0.2, 0.25) is 5.91 Å². The first kappa shape index (κ1) is 14.6. The third-order valence-corrected chi connectivity index (χ3v) is 3.29. The van der Waals surface area contributed by atoms with Crippen molar-refractivity contribution in [2.45, 2.75) is 33.2 Å². The van der Waals surface area contributed by atoms with Gasteiger partial charge in [0.1, 0.15) is 0 Å². The lowest BCUT2D eigenvalue weighted by molar-refractivity contribution is -0.116. The van der Waals surface area contributed by atoms with E-state index in [2.05, 4.69) is 10.4 Å². The minimum absolute atomic E-state index is 0.0166. The molecule has 0 bridgehead atoms. The van der Waals surface area contributed by atoms with Crippen LogP contribution in [0.15, 0.2) is 30.3 Å². The van der Waals surface area contributed by atoms with E-state index >= 15 is 0 Å². The van der Waals surface area contributed by atoms with Crippen molar-refractivity contribution < 1.29 is 4.79 Å². The molecule has 1 atom stereocenters. The molecule has 0 saturated heterocycles.